The maximum absolute atomic E-state index is 13.0. The Kier molecular flexibility index (Phi) is 4.10. The second-order valence-corrected chi connectivity index (χ2v) is 4.45. The van der Waals surface area contributed by atoms with Gasteiger partial charge in [-0.25, -0.2) is 9.37 Å². The van der Waals surface area contributed by atoms with E-state index in [-0.39, 0.29) is 5.82 Å². The first-order valence-electron chi connectivity index (χ1n) is 6.09. The lowest BCUT2D eigenvalue weighted by Crippen LogP contribution is -2.05. The van der Waals surface area contributed by atoms with Gasteiger partial charge >= 0.3 is 0 Å². The van der Waals surface area contributed by atoms with Gasteiger partial charge in [-0.05, 0) is 43.7 Å². The van der Waals surface area contributed by atoms with Gasteiger partial charge < -0.3 is 9.88 Å². The summed E-state index contributed by atoms with van der Waals surface area (Å²) in [4.78, 5) is 4.30. The molecule has 4 heteroatoms. The van der Waals surface area contributed by atoms with Crippen LogP contribution in [-0.2, 0) is 19.5 Å². The molecule has 0 amide bonds. The van der Waals surface area contributed by atoms with E-state index < -0.39 is 0 Å². The number of imidazole rings is 1. The molecule has 96 valence electrons. The summed E-state index contributed by atoms with van der Waals surface area (Å²) in [6.07, 6.45) is 4.77. The van der Waals surface area contributed by atoms with Crippen molar-refractivity contribution in [2.45, 2.75) is 26.4 Å². The SMILES string of the molecule is CNCc1cn(CCc2ccc(F)cc2C)cn1. The van der Waals surface area contributed by atoms with Crippen molar-refractivity contribution in [3.05, 3.63) is 53.4 Å². The van der Waals surface area contributed by atoms with Gasteiger partial charge in [0.25, 0.3) is 0 Å². The van der Waals surface area contributed by atoms with Crippen molar-refractivity contribution in [2.75, 3.05) is 7.05 Å². The van der Waals surface area contributed by atoms with Crippen LogP contribution in [0.15, 0.2) is 30.7 Å². The summed E-state index contributed by atoms with van der Waals surface area (Å²) in [6, 6.07) is 4.95. The third-order valence-electron chi connectivity index (χ3n) is 2.99. The molecule has 0 saturated carbocycles. The van der Waals surface area contributed by atoms with Gasteiger partial charge in [0.05, 0.1) is 12.0 Å². The van der Waals surface area contributed by atoms with Gasteiger partial charge in [-0.3, -0.25) is 0 Å². The molecule has 0 radical (unpaired) electrons. The maximum Gasteiger partial charge on any atom is 0.123 e. The van der Waals surface area contributed by atoms with Crippen molar-refractivity contribution in [3.63, 3.8) is 0 Å². The molecule has 0 spiro atoms. The topological polar surface area (TPSA) is 29.9 Å². The van der Waals surface area contributed by atoms with Crippen molar-refractivity contribution < 1.29 is 4.39 Å². The summed E-state index contributed by atoms with van der Waals surface area (Å²) >= 11 is 0. The second kappa shape index (κ2) is 5.78. The van der Waals surface area contributed by atoms with E-state index in [1.807, 2.05) is 32.6 Å². The minimum absolute atomic E-state index is 0.171. The van der Waals surface area contributed by atoms with E-state index in [0.29, 0.717) is 0 Å². The molecule has 18 heavy (non-hydrogen) atoms. The lowest BCUT2D eigenvalue weighted by Gasteiger charge is -2.06. The number of aromatic nitrogens is 2. The van der Waals surface area contributed by atoms with E-state index in [4.69, 9.17) is 0 Å². The van der Waals surface area contributed by atoms with Crippen molar-refractivity contribution in [1.29, 1.82) is 0 Å². The average Bonchev–Trinajstić information content (AvgIpc) is 2.76. The lowest BCUT2D eigenvalue weighted by molar-refractivity contribution is 0.623. The molecule has 3 nitrogen and oxygen atoms in total. The fourth-order valence-corrected chi connectivity index (χ4v) is 1.99. The Morgan fingerprint density at radius 2 is 2.22 bits per heavy atom. The highest BCUT2D eigenvalue weighted by Gasteiger charge is 2.02. The fourth-order valence-electron chi connectivity index (χ4n) is 1.99. The zero-order chi connectivity index (χ0) is 13.0. The Balaban J connectivity index is 1.97. The van der Waals surface area contributed by atoms with Crippen molar-refractivity contribution in [1.82, 2.24) is 14.9 Å². The predicted molar refractivity (Wildman–Crippen MR) is 69.8 cm³/mol. The first-order valence-corrected chi connectivity index (χ1v) is 6.09. The highest BCUT2D eigenvalue weighted by molar-refractivity contribution is 5.26. The Labute approximate surface area is 107 Å². The molecule has 2 aromatic rings. The molecule has 1 heterocycles. The number of rotatable bonds is 5. The summed E-state index contributed by atoms with van der Waals surface area (Å²) in [6.45, 7) is 3.59. The number of hydrogen-bond acceptors (Lipinski definition) is 2. The van der Waals surface area contributed by atoms with Crippen LogP contribution < -0.4 is 5.32 Å². The summed E-state index contributed by atoms with van der Waals surface area (Å²) in [5, 5.41) is 3.07. The number of halogens is 1. The van der Waals surface area contributed by atoms with E-state index in [9.17, 15) is 4.39 Å². The van der Waals surface area contributed by atoms with Crippen molar-refractivity contribution in [2.24, 2.45) is 0 Å². The van der Waals surface area contributed by atoms with Gasteiger partial charge in [-0.2, -0.15) is 0 Å². The molecular formula is C14H18FN3. The van der Waals surface area contributed by atoms with E-state index in [1.165, 1.54) is 11.6 Å². The second-order valence-electron chi connectivity index (χ2n) is 4.45. The maximum atomic E-state index is 13.0. The Morgan fingerprint density at radius 3 is 2.94 bits per heavy atom. The van der Waals surface area contributed by atoms with Gasteiger partial charge in [-0.1, -0.05) is 6.07 Å². The van der Waals surface area contributed by atoms with Gasteiger partial charge in [0.15, 0.2) is 0 Å². The molecule has 0 aliphatic carbocycles. The van der Waals surface area contributed by atoms with Crippen LogP contribution in [0.25, 0.3) is 0 Å². The molecule has 0 atom stereocenters. The highest BCUT2D eigenvalue weighted by Crippen LogP contribution is 2.11. The van der Waals surface area contributed by atoms with Crippen LogP contribution in [0.5, 0.6) is 0 Å². The van der Waals surface area contributed by atoms with Gasteiger partial charge in [0, 0.05) is 19.3 Å². The summed E-state index contributed by atoms with van der Waals surface area (Å²) in [5.74, 6) is -0.171. The molecule has 0 aliphatic rings. The standard InChI is InChI=1S/C14H18FN3/c1-11-7-13(15)4-3-12(11)5-6-18-9-14(8-16-2)17-10-18/h3-4,7,9-10,16H,5-6,8H2,1-2H3. The molecule has 0 aliphatic heterocycles. The molecule has 2 rings (SSSR count). The Hall–Kier alpha value is -1.68. The summed E-state index contributed by atoms with van der Waals surface area (Å²) < 4.78 is 15.0. The van der Waals surface area contributed by atoms with Crippen molar-refractivity contribution in [3.8, 4) is 0 Å². The minimum atomic E-state index is -0.171. The molecule has 1 N–H and O–H groups in total. The van der Waals surface area contributed by atoms with Crippen LogP contribution in [0, 0.1) is 12.7 Å². The smallest absolute Gasteiger partial charge is 0.123 e. The number of nitrogens with zero attached hydrogens (tertiary/aromatic N) is 2. The third kappa shape index (κ3) is 3.17. The average molecular weight is 247 g/mol. The van der Waals surface area contributed by atoms with Gasteiger partial charge in [0.1, 0.15) is 5.82 Å². The van der Waals surface area contributed by atoms with Crippen molar-refractivity contribution >= 4 is 0 Å². The molecule has 0 fully saturated rings. The quantitative estimate of drug-likeness (QED) is 0.878. The van der Waals surface area contributed by atoms with Crippen LogP contribution >= 0.6 is 0 Å². The third-order valence-corrected chi connectivity index (χ3v) is 2.99. The van der Waals surface area contributed by atoms with Gasteiger partial charge in [0.2, 0.25) is 0 Å². The van der Waals surface area contributed by atoms with Gasteiger partial charge in [-0.15, -0.1) is 0 Å². The fraction of sp³-hybridized carbons (Fsp3) is 0.357. The Morgan fingerprint density at radius 1 is 1.39 bits per heavy atom. The lowest BCUT2D eigenvalue weighted by atomic mass is 10.1. The van der Waals surface area contributed by atoms with Crippen LogP contribution in [0.1, 0.15) is 16.8 Å². The number of nitrogens with one attached hydrogen (secondary N) is 1. The zero-order valence-corrected chi connectivity index (χ0v) is 10.8. The van der Waals surface area contributed by atoms with Crippen LogP contribution in [0.3, 0.4) is 0 Å². The Bertz CT molecular complexity index is 520. The normalized spacial score (nSPS) is 10.8. The molecule has 0 unspecified atom stereocenters. The molecular weight excluding hydrogens is 229 g/mol. The van der Waals surface area contributed by atoms with E-state index in [0.717, 1.165) is 30.8 Å². The largest absolute Gasteiger partial charge is 0.337 e. The number of benzene rings is 1. The van der Waals surface area contributed by atoms with E-state index in [1.54, 1.807) is 6.07 Å². The molecule has 0 saturated heterocycles. The minimum Gasteiger partial charge on any atom is -0.337 e. The molecule has 1 aromatic carbocycles. The summed E-state index contributed by atoms with van der Waals surface area (Å²) in [7, 11) is 1.90. The van der Waals surface area contributed by atoms with Crippen LogP contribution in [-0.4, -0.2) is 16.6 Å². The van der Waals surface area contributed by atoms with Crippen LogP contribution in [0.4, 0.5) is 4.39 Å². The summed E-state index contributed by atoms with van der Waals surface area (Å²) in [5.41, 5.74) is 3.22. The number of aryl methyl sites for hydroxylation is 3. The first kappa shape index (κ1) is 12.8. The van der Waals surface area contributed by atoms with E-state index in [2.05, 4.69) is 14.9 Å². The highest BCUT2D eigenvalue weighted by atomic mass is 19.1. The van der Waals surface area contributed by atoms with Crippen LogP contribution in [0.2, 0.25) is 0 Å². The first-order chi connectivity index (χ1) is 8.69. The van der Waals surface area contributed by atoms with E-state index >= 15 is 0 Å². The number of hydrogen-bond donors (Lipinski definition) is 1. The molecule has 1 aromatic heterocycles. The monoisotopic (exact) mass is 247 g/mol. The zero-order valence-electron chi connectivity index (χ0n) is 10.8. The predicted octanol–water partition coefficient (Wildman–Crippen LogP) is 2.29. The molecule has 0 bridgehead atoms.